The van der Waals surface area contributed by atoms with Crippen LogP contribution in [0, 0.1) is 0 Å². The minimum absolute atomic E-state index is 0.907. The van der Waals surface area contributed by atoms with E-state index in [-0.39, 0.29) is 0 Å². The summed E-state index contributed by atoms with van der Waals surface area (Å²) in [6, 6.07) is 0. The summed E-state index contributed by atoms with van der Waals surface area (Å²) in [5.74, 6) is 0. The van der Waals surface area contributed by atoms with Gasteiger partial charge in [-0.05, 0) is 0 Å². The molecule has 7 N–H and O–H groups in total. The molecule has 20 heavy (non-hydrogen) atoms. The van der Waals surface area contributed by atoms with Crippen LogP contribution in [0.4, 0.5) is 0 Å². The Morgan fingerprint density at radius 2 is 1.45 bits per heavy atom. The zero-order valence-electron chi connectivity index (χ0n) is 9.66. The van der Waals surface area contributed by atoms with Crippen LogP contribution in [0.5, 0.6) is 0 Å². The Morgan fingerprint density at radius 1 is 0.900 bits per heavy atom. The minimum Gasteiger partial charge on any atom is -0.387 e. The van der Waals surface area contributed by atoms with E-state index >= 15 is 0 Å². The molecule has 14 heteroatoms. The first-order valence-corrected chi connectivity index (χ1v) is 8.10. The third-order valence-corrected chi connectivity index (χ3v) is 3.28. The van der Waals surface area contributed by atoms with Crippen molar-refractivity contribution in [2.45, 2.75) is 30.7 Å². The van der Waals surface area contributed by atoms with Crippen LogP contribution in [0.15, 0.2) is 0 Å². The van der Waals surface area contributed by atoms with E-state index in [0.717, 1.165) is 0 Å². The second kappa shape index (κ2) is 6.44. The van der Waals surface area contributed by atoms with Gasteiger partial charge < -0.3 is 39.6 Å². The summed E-state index contributed by atoms with van der Waals surface area (Å²) in [5.41, 5.74) is 0. The molecule has 1 fully saturated rings. The van der Waals surface area contributed by atoms with Crippen molar-refractivity contribution < 1.29 is 57.8 Å². The van der Waals surface area contributed by atoms with Gasteiger partial charge >= 0.3 is 15.6 Å². The van der Waals surface area contributed by atoms with Crippen molar-refractivity contribution in [3.8, 4) is 0 Å². The Hall–Kier alpha value is 0.0600. The molecule has 0 spiro atoms. The van der Waals surface area contributed by atoms with Gasteiger partial charge in [0.1, 0.15) is 24.4 Å². The Balaban J connectivity index is 2.76. The van der Waals surface area contributed by atoms with Crippen molar-refractivity contribution in [3.05, 3.63) is 0 Å². The Bertz CT molecular complexity index is 412. The average molecular weight is 340 g/mol. The first-order chi connectivity index (χ1) is 8.91. The maximum absolute atomic E-state index is 10.6. The fraction of sp³-hybridized carbons (Fsp3) is 1.00. The summed E-state index contributed by atoms with van der Waals surface area (Å²) < 4.78 is 33.9. The highest BCUT2D eigenvalue weighted by Gasteiger charge is 2.47. The maximum Gasteiger partial charge on any atom is 0.472 e. The molecule has 0 aliphatic carbocycles. The minimum atomic E-state index is -5.07. The largest absolute Gasteiger partial charge is 0.472 e. The highest BCUT2D eigenvalue weighted by Crippen LogP contribution is 2.41. The third kappa shape index (κ3) is 5.45. The third-order valence-electron chi connectivity index (χ3n) is 2.32. The monoisotopic (exact) mass is 340 g/mol. The first-order valence-electron chi connectivity index (χ1n) is 5.04. The molecule has 12 nitrogen and oxygen atoms in total. The van der Waals surface area contributed by atoms with E-state index in [1.165, 1.54) is 0 Å². The molecule has 0 unspecified atom stereocenters. The molecule has 0 aromatic rings. The van der Waals surface area contributed by atoms with Crippen molar-refractivity contribution in [1.82, 2.24) is 0 Å². The Kier molecular flexibility index (Phi) is 5.83. The molecule has 0 aromatic carbocycles. The van der Waals surface area contributed by atoms with E-state index in [1.54, 1.807) is 0 Å². The lowest BCUT2D eigenvalue weighted by molar-refractivity contribution is -0.279. The van der Waals surface area contributed by atoms with Gasteiger partial charge in [-0.2, -0.15) is 0 Å². The molecule has 0 aromatic heterocycles. The van der Waals surface area contributed by atoms with Crippen LogP contribution >= 0.6 is 15.6 Å². The van der Waals surface area contributed by atoms with Crippen LogP contribution in [0.25, 0.3) is 0 Å². The summed E-state index contributed by atoms with van der Waals surface area (Å²) in [4.78, 5) is 34.1. The summed E-state index contributed by atoms with van der Waals surface area (Å²) in [6.07, 6.45) is -9.32. The molecule has 1 heterocycles. The van der Waals surface area contributed by atoms with Gasteiger partial charge in [0.2, 0.25) is 0 Å². The van der Waals surface area contributed by atoms with E-state index in [4.69, 9.17) is 24.3 Å². The van der Waals surface area contributed by atoms with Gasteiger partial charge in [0.15, 0.2) is 6.29 Å². The number of aliphatic hydroxyl groups excluding tert-OH is 3. The summed E-state index contributed by atoms with van der Waals surface area (Å²) in [7, 11) is -9.95. The van der Waals surface area contributed by atoms with Crippen molar-refractivity contribution in [1.29, 1.82) is 0 Å². The first kappa shape index (κ1) is 18.1. The second-order valence-corrected chi connectivity index (χ2v) is 6.33. The average Bonchev–Trinajstić information content (AvgIpc) is 2.25. The Morgan fingerprint density at radius 3 is 1.90 bits per heavy atom. The molecular formula is C6H14O12P2. The zero-order chi connectivity index (χ0) is 15.7. The van der Waals surface area contributed by atoms with E-state index < -0.39 is 53.0 Å². The molecular weight excluding hydrogens is 326 g/mol. The van der Waals surface area contributed by atoms with Crippen molar-refractivity contribution in [3.63, 3.8) is 0 Å². The highest BCUT2D eigenvalue weighted by molar-refractivity contribution is 7.46. The lowest BCUT2D eigenvalue weighted by atomic mass is 10.00. The lowest BCUT2D eigenvalue weighted by Crippen LogP contribution is -2.59. The number of aliphatic hydroxyl groups is 3. The summed E-state index contributed by atoms with van der Waals surface area (Å²) in [6.45, 7) is -0.907. The molecule has 0 bridgehead atoms. The molecule has 1 aliphatic rings. The topological polar surface area (TPSA) is 203 Å². The smallest absolute Gasteiger partial charge is 0.387 e. The number of phosphoric acid groups is 2. The van der Waals surface area contributed by atoms with Crippen molar-refractivity contribution in [2.75, 3.05) is 6.61 Å². The predicted octanol–water partition coefficient (Wildman–Crippen LogP) is -2.99. The number of rotatable bonds is 5. The SMILES string of the molecule is O=P(O)(O)OC[C@H]1O[C@@H](OP(=O)(O)O)[C@H](O)[C@@H](O)[C@@H]1O. The quantitative estimate of drug-likeness (QED) is 0.250. The number of phosphoric ester groups is 2. The van der Waals surface area contributed by atoms with Crippen molar-refractivity contribution in [2.24, 2.45) is 0 Å². The zero-order valence-corrected chi connectivity index (χ0v) is 11.4. The molecule has 0 radical (unpaired) electrons. The normalized spacial score (nSPS) is 36.0. The standard InChI is InChI=1S/C6H14O12P2/c7-3-2(1-16-19(10,11)12)17-6(5(9)4(3)8)18-20(13,14)15/h2-9H,1H2,(H2,10,11,12)(H2,13,14,15)/t2-,3-,4+,5-,6+/m1/s1. The number of hydrogen-bond donors (Lipinski definition) is 7. The van der Waals surface area contributed by atoms with Crippen LogP contribution in [-0.2, 0) is 22.9 Å². The molecule has 1 saturated heterocycles. The molecule has 0 saturated carbocycles. The van der Waals surface area contributed by atoms with Gasteiger partial charge in [-0.3, -0.25) is 9.05 Å². The van der Waals surface area contributed by atoms with Gasteiger partial charge in [0.25, 0.3) is 0 Å². The summed E-state index contributed by atoms with van der Waals surface area (Å²) >= 11 is 0. The molecule has 5 atom stereocenters. The van der Waals surface area contributed by atoms with Gasteiger partial charge in [-0.1, -0.05) is 0 Å². The van der Waals surface area contributed by atoms with Crippen LogP contribution in [0.2, 0.25) is 0 Å². The van der Waals surface area contributed by atoms with Crippen LogP contribution in [0.3, 0.4) is 0 Å². The van der Waals surface area contributed by atoms with Crippen molar-refractivity contribution >= 4 is 15.6 Å². The summed E-state index contributed by atoms with van der Waals surface area (Å²) in [5, 5.41) is 28.4. The molecule has 1 rings (SSSR count). The fourth-order valence-electron chi connectivity index (χ4n) is 1.45. The van der Waals surface area contributed by atoms with Crippen LogP contribution in [-0.4, -0.2) is 72.2 Å². The van der Waals surface area contributed by atoms with E-state index in [1.807, 2.05) is 0 Å². The van der Waals surface area contributed by atoms with Gasteiger partial charge in [-0.15, -0.1) is 0 Å². The van der Waals surface area contributed by atoms with E-state index in [2.05, 4.69) is 9.05 Å². The molecule has 120 valence electrons. The molecule has 1 aliphatic heterocycles. The Labute approximate surface area is 112 Å². The maximum atomic E-state index is 10.6. The van der Waals surface area contributed by atoms with Gasteiger partial charge in [0.05, 0.1) is 6.61 Å². The lowest BCUT2D eigenvalue weighted by Gasteiger charge is -2.39. The van der Waals surface area contributed by atoms with Crippen LogP contribution < -0.4 is 0 Å². The van der Waals surface area contributed by atoms with Crippen LogP contribution in [0.1, 0.15) is 0 Å². The fourth-order valence-corrected chi connectivity index (χ4v) is 2.23. The van der Waals surface area contributed by atoms with E-state index in [9.17, 15) is 24.4 Å². The molecule has 0 amide bonds. The highest BCUT2D eigenvalue weighted by atomic mass is 31.2. The van der Waals surface area contributed by atoms with Gasteiger partial charge in [-0.25, -0.2) is 9.13 Å². The van der Waals surface area contributed by atoms with Gasteiger partial charge in [0, 0.05) is 0 Å². The second-order valence-electron chi connectivity index (χ2n) is 3.90. The predicted molar refractivity (Wildman–Crippen MR) is 57.8 cm³/mol. The number of hydrogen-bond acceptors (Lipinski definition) is 8. The van der Waals surface area contributed by atoms with E-state index in [0.29, 0.717) is 0 Å². The number of ether oxygens (including phenoxy) is 1.